The lowest BCUT2D eigenvalue weighted by atomic mass is 10.3. The van der Waals surface area contributed by atoms with Crippen molar-refractivity contribution in [3.05, 3.63) is 24.3 Å². The molecule has 2 amide bonds. The number of ether oxygens (including phenoxy) is 1. The Kier molecular flexibility index (Phi) is 4.95. The first-order valence-electron chi connectivity index (χ1n) is 6.61. The van der Waals surface area contributed by atoms with Gasteiger partial charge in [-0.25, -0.2) is 0 Å². The van der Waals surface area contributed by atoms with Crippen LogP contribution < -0.4 is 20.7 Å². The zero-order valence-corrected chi connectivity index (χ0v) is 11.4. The van der Waals surface area contributed by atoms with Crippen molar-refractivity contribution >= 4 is 17.5 Å². The Balaban J connectivity index is 1.64. The molecule has 1 saturated carbocycles. The molecule has 6 heteroatoms. The number of carbonyl (C=O) groups excluding carboxylic acids is 2. The Hall–Kier alpha value is -2.08. The van der Waals surface area contributed by atoms with E-state index in [4.69, 9.17) is 4.74 Å². The summed E-state index contributed by atoms with van der Waals surface area (Å²) in [6.45, 7) is 0.261. The van der Waals surface area contributed by atoms with Crippen LogP contribution in [0.5, 0.6) is 5.75 Å². The zero-order chi connectivity index (χ0) is 14.4. The second-order valence-corrected chi connectivity index (χ2v) is 4.72. The minimum Gasteiger partial charge on any atom is -0.497 e. The van der Waals surface area contributed by atoms with Gasteiger partial charge in [0.25, 0.3) is 0 Å². The van der Waals surface area contributed by atoms with Crippen molar-refractivity contribution in [1.29, 1.82) is 0 Å². The monoisotopic (exact) mass is 277 g/mol. The zero-order valence-electron chi connectivity index (χ0n) is 11.4. The fraction of sp³-hybridized carbons (Fsp3) is 0.429. The molecule has 0 bridgehead atoms. The van der Waals surface area contributed by atoms with Crippen LogP contribution in [0.4, 0.5) is 5.69 Å². The number of hydrogen-bond acceptors (Lipinski definition) is 4. The molecule has 2 rings (SSSR count). The number of rotatable bonds is 7. The summed E-state index contributed by atoms with van der Waals surface area (Å²) < 4.78 is 5.03. The Morgan fingerprint density at radius 2 is 1.80 bits per heavy atom. The Bertz CT molecular complexity index is 469. The smallest absolute Gasteiger partial charge is 0.238 e. The molecule has 0 aromatic heterocycles. The normalized spacial score (nSPS) is 13.7. The fourth-order valence-corrected chi connectivity index (χ4v) is 1.68. The molecule has 0 radical (unpaired) electrons. The van der Waals surface area contributed by atoms with E-state index in [9.17, 15) is 9.59 Å². The number of methoxy groups -OCH3 is 1. The van der Waals surface area contributed by atoms with Crippen molar-refractivity contribution in [2.45, 2.75) is 18.9 Å². The number of nitrogens with one attached hydrogen (secondary N) is 3. The van der Waals surface area contributed by atoms with E-state index >= 15 is 0 Å². The number of amides is 2. The van der Waals surface area contributed by atoms with E-state index in [1.54, 1.807) is 31.4 Å². The van der Waals surface area contributed by atoms with Crippen molar-refractivity contribution in [2.75, 3.05) is 25.5 Å². The largest absolute Gasteiger partial charge is 0.497 e. The molecule has 3 N–H and O–H groups in total. The highest BCUT2D eigenvalue weighted by atomic mass is 16.5. The van der Waals surface area contributed by atoms with Gasteiger partial charge in [-0.05, 0) is 37.1 Å². The first kappa shape index (κ1) is 14.3. The number of carbonyl (C=O) groups is 2. The van der Waals surface area contributed by atoms with Crippen LogP contribution in [0.1, 0.15) is 12.8 Å². The van der Waals surface area contributed by atoms with Gasteiger partial charge in [-0.2, -0.15) is 0 Å². The van der Waals surface area contributed by atoms with E-state index < -0.39 is 0 Å². The van der Waals surface area contributed by atoms with Crippen LogP contribution >= 0.6 is 0 Å². The van der Waals surface area contributed by atoms with Gasteiger partial charge in [0, 0.05) is 11.7 Å². The quantitative estimate of drug-likeness (QED) is 0.678. The third kappa shape index (κ3) is 4.89. The summed E-state index contributed by atoms with van der Waals surface area (Å²) in [7, 11) is 1.59. The van der Waals surface area contributed by atoms with Gasteiger partial charge >= 0.3 is 0 Å². The lowest BCUT2D eigenvalue weighted by Crippen LogP contribution is -2.38. The molecular weight excluding hydrogens is 258 g/mol. The molecule has 0 atom stereocenters. The van der Waals surface area contributed by atoms with Gasteiger partial charge in [-0.1, -0.05) is 0 Å². The first-order valence-corrected chi connectivity index (χ1v) is 6.61. The van der Waals surface area contributed by atoms with E-state index in [0.29, 0.717) is 11.7 Å². The predicted octanol–water partition coefficient (Wildman–Crippen LogP) is 0.502. The average Bonchev–Trinajstić information content (AvgIpc) is 3.23. The topological polar surface area (TPSA) is 79.5 Å². The summed E-state index contributed by atoms with van der Waals surface area (Å²) in [5, 5.41) is 8.39. The van der Waals surface area contributed by atoms with Gasteiger partial charge in [-0.3, -0.25) is 14.9 Å². The number of benzene rings is 1. The first-order chi connectivity index (χ1) is 9.67. The summed E-state index contributed by atoms with van der Waals surface area (Å²) >= 11 is 0. The van der Waals surface area contributed by atoms with Crippen molar-refractivity contribution in [1.82, 2.24) is 10.6 Å². The molecule has 1 aliphatic rings. The SMILES string of the molecule is COc1ccc(NC(=O)CNCC(=O)NC2CC2)cc1. The molecule has 1 fully saturated rings. The third-order valence-electron chi connectivity index (χ3n) is 2.89. The number of hydrogen-bond donors (Lipinski definition) is 3. The summed E-state index contributed by atoms with van der Waals surface area (Å²) in [5.41, 5.74) is 0.694. The van der Waals surface area contributed by atoms with Gasteiger partial charge in [0.2, 0.25) is 11.8 Å². The minimum atomic E-state index is -0.186. The molecule has 0 aliphatic heterocycles. The van der Waals surface area contributed by atoms with E-state index in [2.05, 4.69) is 16.0 Å². The van der Waals surface area contributed by atoms with Crippen LogP contribution in [-0.4, -0.2) is 38.1 Å². The second-order valence-electron chi connectivity index (χ2n) is 4.72. The van der Waals surface area contributed by atoms with Gasteiger partial charge < -0.3 is 15.4 Å². The van der Waals surface area contributed by atoms with Crippen LogP contribution in [-0.2, 0) is 9.59 Å². The summed E-state index contributed by atoms with van der Waals surface area (Å²) in [6.07, 6.45) is 2.12. The average molecular weight is 277 g/mol. The molecule has 0 spiro atoms. The molecule has 1 aromatic rings. The molecular formula is C14H19N3O3. The van der Waals surface area contributed by atoms with Crippen LogP contribution in [0.2, 0.25) is 0 Å². The summed E-state index contributed by atoms with van der Waals surface area (Å²) in [6, 6.07) is 7.41. The Morgan fingerprint density at radius 1 is 1.15 bits per heavy atom. The van der Waals surface area contributed by atoms with Crippen molar-refractivity contribution in [3.8, 4) is 5.75 Å². The van der Waals surface area contributed by atoms with Crippen LogP contribution in [0, 0.1) is 0 Å². The Labute approximate surface area is 117 Å². The maximum atomic E-state index is 11.6. The van der Waals surface area contributed by atoms with Crippen molar-refractivity contribution in [3.63, 3.8) is 0 Å². The maximum Gasteiger partial charge on any atom is 0.238 e. The lowest BCUT2D eigenvalue weighted by Gasteiger charge is -2.07. The van der Waals surface area contributed by atoms with Gasteiger partial charge in [0.05, 0.1) is 20.2 Å². The maximum absolute atomic E-state index is 11.6. The Morgan fingerprint density at radius 3 is 2.40 bits per heavy atom. The molecule has 0 saturated heterocycles. The summed E-state index contributed by atoms with van der Waals surface area (Å²) in [5.74, 6) is 0.483. The summed E-state index contributed by atoms with van der Waals surface area (Å²) in [4.78, 5) is 23.0. The molecule has 0 unspecified atom stereocenters. The van der Waals surface area contributed by atoms with Crippen LogP contribution in [0.3, 0.4) is 0 Å². The minimum absolute atomic E-state index is 0.0650. The molecule has 1 aromatic carbocycles. The van der Waals surface area contributed by atoms with E-state index in [0.717, 1.165) is 18.6 Å². The highest BCUT2D eigenvalue weighted by Gasteiger charge is 2.22. The molecule has 108 valence electrons. The highest BCUT2D eigenvalue weighted by molar-refractivity contribution is 5.92. The van der Waals surface area contributed by atoms with Crippen molar-refractivity contribution < 1.29 is 14.3 Å². The molecule has 1 aliphatic carbocycles. The predicted molar refractivity (Wildman–Crippen MR) is 75.7 cm³/mol. The molecule has 6 nitrogen and oxygen atoms in total. The highest BCUT2D eigenvalue weighted by Crippen LogP contribution is 2.18. The lowest BCUT2D eigenvalue weighted by molar-refractivity contribution is -0.120. The van der Waals surface area contributed by atoms with Crippen molar-refractivity contribution in [2.24, 2.45) is 0 Å². The third-order valence-corrected chi connectivity index (χ3v) is 2.89. The fourth-order valence-electron chi connectivity index (χ4n) is 1.68. The molecule has 20 heavy (non-hydrogen) atoms. The van der Waals surface area contributed by atoms with Gasteiger partial charge in [0.15, 0.2) is 0 Å². The molecule has 0 heterocycles. The van der Waals surface area contributed by atoms with Gasteiger partial charge in [0.1, 0.15) is 5.75 Å². The second kappa shape index (κ2) is 6.91. The van der Waals surface area contributed by atoms with Crippen LogP contribution in [0.15, 0.2) is 24.3 Å². The van der Waals surface area contributed by atoms with Crippen LogP contribution in [0.25, 0.3) is 0 Å². The van der Waals surface area contributed by atoms with E-state index in [-0.39, 0.29) is 24.9 Å². The van der Waals surface area contributed by atoms with E-state index in [1.807, 2.05) is 0 Å². The van der Waals surface area contributed by atoms with E-state index in [1.165, 1.54) is 0 Å². The van der Waals surface area contributed by atoms with Gasteiger partial charge in [-0.15, -0.1) is 0 Å². The number of anilines is 1. The standard InChI is InChI=1S/C14H19N3O3/c1-20-12-6-4-11(5-7-12)17-14(19)9-15-8-13(18)16-10-2-3-10/h4-7,10,15H,2-3,8-9H2,1H3,(H,16,18)(H,17,19).